The Kier molecular flexibility index (Phi) is 4.14. The van der Waals surface area contributed by atoms with E-state index in [0.717, 1.165) is 22.6 Å². The van der Waals surface area contributed by atoms with E-state index in [9.17, 15) is 0 Å². The standard InChI is InChI=1S/C22H25N3O3/c1-13-9-17(15-10-18(26-3)21-19(11-15)27-12-28-21)23-22-20(13)14(2)24-25(22)16-7-5-4-6-8-16/h9-11,16H,4-8,12H2,1-3H3. The zero-order valence-corrected chi connectivity index (χ0v) is 16.6. The van der Waals surface area contributed by atoms with E-state index in [-0.39, 0.29) is 6.79 Å². The first kappa shape index (κ1) is 17.3. The number of aryl methyl sites for hydroxylation is 2. The molecule has 1 aromatic carbocycles. The van der Waals surface area contributed by atoms with Gasteiger partial charge in [-0.1, -0.05) is 19.3 Å². The van der Waals surface area contributed by atoms with E-state index in [1.807, 2.05) is 12.1 Å². The van der Waals surface area contributed by atoms with Gasteiger partial charge in [0.15, 0.2) is 17.1 Å². The summed E-state index contributed by atoms with van der Waals surface area (Å²) in [6.07, 6.45) is 6.22. The van der Waals surface area contributed by atoms with Crippen molar-refractivity contribution in [2.75, 3.05) is 13.9 Å². The highest BCUT2D eigenvalue weighted by atomic mass is 16.7. The van der Waals surface area contributed by atoms with Gasteiger partial charge in [0, 0.05) is 10.9 Å². The molecule has 28 heavy (non-hydrogen) atoms. The van der Waals surface area contributed by atoms with Crippen LogP contribution in [0.5, 0.6) is 17.2 Å². The van der Waals surface area contributed by atoms with E-state index in [1.54, 1.807) is 7.11 Å². The highest BCUT2D eigenvalue weighted by Crippen LogP contribution is 2.44. The maximum Gasteiger partial charge on any atom is 0.231 e. The second-order valence-electron chi connectivity index (χ2n) is 7.76. The Hall–Kier alpha value is -2.76. The van der Waals surface area contributed by atoms with Crippen molar-refractivity contribution in [3.8, 4) is 28.5 Å². The summed E-state index contributed by atoms with van der Waals surface area (Å²) in [6.45, 7) is 4.44. The Morgan fingerprint density at radius 3 is 2.68 bits per heavy atom. The van der Waals surface area contributed by atoms with Crippen molar-refractivity contribution in [3.05, 3.63) is 29.5 Å². The number of fused-ring (bicyclic) bond motifs is 2. The molecule has 3 heterocycles. The first-order chi connectivity index (χ1) is 13.7. The van der Waals surface area contributed by atoms with Crippen LogP contribution in [0.25, 0.3) is 22.3 Å². The number of hydrogen-bond donors (Lipinski definition) is 0. The van der Waals surface area contributed by atoms with E-state index in [4.69, 9.17) is 24.3 Å². The molecular formula is C22H25N3O3. The van der Waals surface area contributed by atoms with Crippen LogP contribution in [0.3, 0.4) is 0 Å². The van der Waals surface area contributed by atoms with Gasteiger partial charge in [0.2, 0.25) is 12.5 Å². The first-order valence-corrected chi connectivity index (χ1v) is 10.00. The van der Waals surface area contributed by atoms with E-state index in [2.05, 4.69) is 24.6 Å². The number of ether oxygens (including phenoxy) is 3. The molecule has 0 amide bonds. The Morgan fingerprint density at radius 1 is 1.07 bits per heavy atom. The second-order valence-corrected chi connectivity index (χ2v) is 7.76. The molecule has 6 nitrogen and oxygen atoms in total. The fourth-order valence-electron chi connectivity index (χ4n) is 4.53. The molecule has 1 aliphatic carbocycles. The minimum atomic E-state index is 0.217. The quantitative estimate of drug-likeness (QED) is 0.644. The zero-order valence-electron chi connectivity index (χ0n) is 16.6. The van der Waals surface area contributed by atoms with Crippen molar-refractivity contribution in [2.24, 2.45) is 0 Å². The van der Waals surface area contributed by atoms with Crippen LogP contribution in [0, 0.1) is 13.8 Å². The fourth-order valence-corrected chi connectivity index (χ4v) is 4.53. The molecular weight excluding hydrogens is 354 g/mol. The van der Waals surface area contributed by atoms with Crippen LogP contribution < -0.4 is 14.2 Å². The van der Waals surface area contributed by atoms with Gasteiger partial charge in [-0.2, -0.15) is 5.10 Å². The molecule has 1 saturated carbocycles. The Bertz CT molecular complexity index is 1050. The van der Waals surface area contributed by atoms with Crippen LogP contribution in [0.2, 0.25) is 0 Å². The highest BCUT2D eigenvalue weighted by Gasteiger charge is 2.24. The largest absolute Gasteiger partial charge is 0.493 e. The number of aromatic nitrogens is 3. The zero-order chi connectivity index (χ0) is 19.3. The summed E-state index contributed by atoms with van der Waals surface area (Å²) in [5.74, 6) is 2.03. The van der Waals surface area contributed by atoms with Gasteiger partial charge in [0.1, 0.15) is 0 Å². The summed E-state index contributed by atoms with van der Waals surface area (Å²) >= 11 is 0. The lowest BCUT2D eigenvalue weighted by atomic mass is 9.95. The lowest BCUT2D eigenvalue weighted by molar-refractivity contribution is 0.171. The van der Waals surface area contributed by atoms with Crippen molar-refractivity contribution in [2.45, 2.75) is 52.0 Å². The van der Waals surface area contributed by atoms with Crippen molar-refractivity contribution < 1.29 is 14.2 Å². The Labute approximate surface area is 164 Å². The van der Waals surface area contributed by atoms with E-state index < -0.39 is 0 Å². The number of rotatable bonds is 3. The third kappa shape index (κ3) is 2.70. The summed E-state index contributed by atoms with van der Waals surface area (Å²) in [7, 11) is 1.64. The van der Waals surface area contributed by atoms with Crippen LogP contribution in [0.4, 0.5) is 0 Å². The number of benzene rings is 1. The van der Waals surface area contributed by atoms with Gasteiger partial charge in [-0.25, -0.2) is 9.67 Å². The van der Waals surface area contributed by atoms with Crippen molar-refractivity contribution >= 4 is 11.0 Å². The average molecular weight is 379 g/mol. The molecule has 0 atom stereocenters. The molecule has 1 aliphatic heterocycles. The molecule has 0 bridgehead atoms. The maximum absolute atomic E-state index is 5.60. The van der Waals surface area contributed by atoms with Crippen LogP contribution in [0.15, 0.2) is 18.2 Å². The van der Waals surface area contributed by atoms with Gasteiger partial charge in [0.05, 0.1) is 24.5 Å². The van der Waals surface area contributed by atoms with Crippen LogP contribution in [-0.4, -0.2) is 28.7 Å². The predicted molar refractivity (Wildman–Crippen MR) is 107 cm³/mol. The summed E-state index contributed by atoms with van der Waals surface area (Å²) in [5.41, 5.74) is 5.09. The minimum Gasteiger partial charge on any atom is -0.493 e. The summed E-state index contributed by atoms with van der Waals surface area (Å²) in [4.78, 5) is 5.05. The lowest BCUT2D eigenvalue weighted by Gasteiger charge is -2.22. The normalized spacial score (nSPS) is 16.7. The van der Waals surface area contributed by atoms with E-state index in [1.165, 1.54) is 43.1 Å². The molecule has 2 aromatic heterocycles. The SMILES string of the molecule is COc1cc(-c2cc(C)c3c(C)nn(C4CCCCC4)c3n2)cc2c1OCO2. The summed E-state index contributed by atoms with van der Waals surface area (Å²) in [6, 6.07) is 6.51. The van der Waals surface area contributed by atoms with Gasteiger partial charge in [0.25, 0.3) is 0 Å². The Balaban J connectivity index is 1.67. The molecule has 6 heteroatoms. The average Bonchev–Trinajstić information content (AvgIpc) is 3.32. The van der Waals surface area contributed by atoms with E-state index in [0.29, 0.717) is 23.3 Å². The second kappa shape index (κ2) is 6.69. The molecule has 2 aliphatic rings. The number of hydrogen-bond acceptors (Lipinski definition) is 5. The third-order valence-corrected chi connectivity index (χ3v) is 5.91. The first-order valence-electron chi connectivity index (χ1n) is 10.00. The van der Waals surface area contributed by atoms with Crippen LogP contribution in [0.1, 0.15) is 49.4 Å². The van der Waals surface area contributed by atoms with Crippen molar-refractivity contribution in [1.29, 1.82) is 0 Å². The van der Waals surface area contributed by atoms with Gasteiger partial charge >= 0.3 is 0 Å². The number of nitrogens with zero attached hydrogens (tertiary/aromatic N) is 3. The van der Waals surface area contributed by atoms with Gasteiger partial charge in [-0.15, -0.1) is 0 Å². The summed E-state index contributed by atoms with van der Waals surface area (Å²) in [5, 5.41) is 6.05. The molecule has 146 valence electrons. The smallest absolute Gasteiger partial charge is 0.231 e. The molecule has 0 N–H and O–H groups in total. The molecule has 0 saturated heterocycles. The van der Waals surface area contributed by atoms with Crippen LogP contribution >= 0.6 is 0 Å². The maximum atomic E-state index is 5.60. The van der Waals surface area contributed by atoms with Crippen molar-refractivity contribution in [1.82, 2.24) is 14.8 Å². The topological polar surface area (TPSA) is 58.4 Å². The van der Waals surface area contributed by atoms with Gasteiger partial charge < -0.3 is 14.2 Å². The van der Waals surface area contributed by atoms with Gasteiger partial charge in [-0.3, -0.25) is 0 Å². The van der Waals surface area contributed by atoms with Gasteiger partial charge in [-0.05, 0) is 50.5 Å². The lowest BCUT2D eigenvalue weighted by Crippen LogP contribution is -2.14. The number of pyridine rings is 1. The van der Waals surface area contributed by atoms with Crippen LogP contribution in [-0.2, 0) is 0 Å². The molecule has 5 rings (SSSR count). The Morgan fingerprint density at radius 2 is 1.89 bits per heavy atom. The van der Waals surface area contributed by atoms with E-state index >= 15 is 0 Å². The molecule has 3 aromatic rings. The summed E-state index contributed by atoms with van der Waals surface area (Å²) < 4.78 is 18.8. The van der Waals surface area contributed by atoms with Crippen molar-refractivity contribution in [3.63, 3.8) is 0 Å². The third-order valence-electron chi connectivity index (χ3n) is 5.91. The molecule has 0 unspecified atom stereocenters. The highest BCUT2D eigenvalue weighted by molar-refractivity contribution is 5.85. The molecule has 0 spiro atoms. The predicted octanol–water partition coefficient (Wildman–Crippen LogP) is 4.96. The monoisotopic (exact) mass is 379 g/mol. The molecule has 1 fully saturated rings. The molecule has 0 radical (unpaired) electrons. The number of methoxy groups -OCH3 is 1. The minimum absolute atomic E-state index is 0.217. The fraction of sp³-hybridized carbons (Fsp3) is 0.455.